The Morgan fingerprint density at radius 1 is 1.18 bits per heavy atom. The number of carbonyl (C=O) groups is 3. The van der Waals surface area contributed by atoms with Gasteiger partial charge >= 0.3 is 0 Å². The van der Waals surface area contributed by atoms with E-state index < -0.39 is 17.9 Å². The first kappa shape index (κ1) is 26.1. The molecule has 0 fully saturated rings. The standard InChI is InChI=1S/C23H33N5O4S/c1-5-9-16(22(30)26-13-12-14(3)4)28(15-10-7-8-11-17(15)32-6-2)23(31)20-18(24)19(21(25)29)27-33-20/h7-8,10-11,14,16H,5-6,9,12-13,24H2,1-4H3,(H2,25,29)(H,26,30)/t16-/m1/s1. The SMILES string of the molecule is CCC[C@H](C(=O)NCCC(C)C)N(C(=O)c1snc(C(N)=O)c1N)c1ccccc1OCC. The van der Waals surface area contributed by atoms with Crippen molar-refractivity contribution in [3.63, 3.8) is 0 Å². The Bertz CT molecular complexity index is 976. The number of carbonyl (C=O) groups excluding carboxylic acids is 3. The van der Waals surface area contributed by atoms with Crippen LogP contribution in [0.2, 0.25) is 0 Å². The molecule has 3 amide bonds. The molecule has 1 aromatic heterocycles. The van der Waals surface area contributed by atoms with Gasteiger partial charge in [0.05, 0.1) is 18.0 Å². The number of nitrogens with two attached hydrogens (primary N) is 2. The molecule has 1 aromatic carbocycles. The van der Waals surface area contributed by atoms with Crippen LogP contribution >= 0.6 is 11.5 Å². The van der Waals surface area contributed by atoms with Crippen LogP contribution in [0, 0.1) is 5.92 Å². The van der Waals surface area contributed by atoms with Crippen molar-refractivity contribution in [2.75, 3.05) is 23.8 Å². The molecular weight excluding hydrogens is 442 g/mol. The van der Waals surface area contributed by atoms with Gasteiger partial charge in [0.15, 0.2) is 5.69 Å². The average molecular weight is 476 g/mol. The van der Waals surface area contributed by atoms with Crippen molar-refractivity contribution < 1.29 is 19.1 Å². The van der Waals surface area contributed by atoms with Gasteiger partial charge in [-0.1, -0.05) is 39.3 Å². The first-order valence-electron chi connectivity index (χ1n) is 11.1. The molecule has 0 saturated heterocycles. The molecule has 5 N–H and O–H groups in total. The summed E-state index contributed by atoms with van der Waals surface area (Å²) in [4.78, 5) is 40.1. The normalized spacial score (nSPS) is 11.8. The zero-order valence-corrected chi connectivity index (χ0v) is 20.4. The molecule has 2 rings (SSSR count). The number of nitrogens with zero attached hydrogens (tertiary/aromatic N) is 2. The molecule has 0 unspecified atom stereocenters. The lowest BCUT2D eigenvalue weighted by atomic mass is 10.1. The fourth-order valence-corrected chi connectivity index (χ4v) is 4.09. The van der Waals surface area contributed by atoms with Crippen LogP contribution in [-0.4, -0.2) is 41.3 Å². The minimum absolute atomic E-state index is 0.0474. The molecule has 180 valence electrons. The van der Waals surface area contributed by atoms with Crippen molar-refractivity contribution in [1.82, 2.24) is 9.69 Å². The van der Waals surface area contributed by atoms with Crippen LogP contribution in [0.3, 0.4) is 0 Å². The zero-order valence-electron chi connectivity index (χ0n) is 19.6. The second kappa shape index (κ2) is 12.2. The maximum atomic E-state index is 13.8. The lowest BCUT2D eigenvalue weighted by molar-refractivity contribution is -0.122. The topological polar surface area (TPSA) is 141 Å². The Morgan fingerprint density at radius 3 is 2.45 bits per heavy atom. The Balaban J connectivity index is 2.57. The number of anilines is 2. The molecule has 33 heavy (non-hydrogen) atoms. The second-order valence-electron chi connectivity index (χ2n) is 7.99. The van der Waals surface area contributed by atoms with Crippen LogP contribution in [0.15, 0.2) is 24.3 Å². The molecule has 0 aliphatic rings. The summed E-state index contributed by atoms with van der Waals surface area (Å²) in [6.45, 7) is 8.82. The molecular formula is C23H33N5O4S. The van der Waals surface area contributed by atoms with E-state index in [1.165, 1.54) is 4.90 Å². The van der Waals surface area contributed by atoms with Gasteiger partial charge in [0.1, 0.15) is 16.7 Å². The Kier molecular flexibility index (Phi) is 9.65. The molecule has 0 spiro atoms. The van der Waals surface area contributed by atoms with Gasteiger partial charge < -0.3 is 21.5 Å². The summed E-state index contributed by atoms with van der Waals surface area (Å²) in [5, 5.41) is 2.95. The molecule has 9 nitrogen and oxygen atoms in total. The fourth-order valence-electron chi connectivity index (χ4n) is 3.34. The summed E-state index contributed by atoms with van der Waals surface area (Å²) < 4.78 is 9.71. The third-order valence-corrected chi connectivity index (χ3v) is 5.85. The quantitative estimate of drug-likeness (QED) is 0.430. The van der Waals surface area contributed by atoms with Crippen LogP contribution in [0.5, 0.6) is 5.75 Å². The minimum atomic E-state index is -0.819. The maximum Gasteiger partial charge on any atom is 0.272 e. The maximum absolute atomic E-state index is 13.8. The van der Waals surface area contributed by atoms with Gasteiger partial charge in [-0.15, -0.1) is 0 Å². The number of rotatable bonds is 12. The number of nitrogen functional groups attached to an aromatic ring is 1. The molecule has 2 aromatic rings. The Hall–Kier alpha value is -3.14. The lowest BCUT2D eigenvalue weighted by Crippen LogP contribution is -2.50. The largest absolute Gasteiger partial charge is 0.492 e. The summed E-state index contributed by atoms with van der Waals surface area (Å²) in [5.41, 5.74) is 11.6. The van der Waals surface area contributed by atoms with Crippen LogP contribution in [-0.2, 0) is 4.79 Å². The number of ether oxygens (including phenoxy) is 1. The second-order valence-corrected chi connectivity index (χ2v) is 8.77. The van der Waals surface area contributed by atoms with Gasteiger partial charge in [0.2, 0.25) is 5.91 Å². The number of hydrogen-bond donors (Lipinski definition) is 3. The number of nitrogens with one attached hydrogen (secondary N) is 1. The third-order valence-electron chi connectivity index (χ3n) is 5.00. The minimum Gasteiger partial charge on any atom is -0.492 e. The van der Waals surface area contributed by atoms with Crippen LogP contribution in [0.4, 0.5) is 11.4 Å². The summed E-state index contributed by atoms with van der Waals surface area (Å²) in [6.07, 6.45) is 1.90. The third kappa shape index (κ3) is 6.44. The fraction of sp³-hybridized carbons (Fsp3) is 0.478. The first-order valence-corrected chi connectivity index (χ1v) is 11.9. The highest BCUT2D eigenvalue weighted by atomic mass is 32.1. The zero-order chi connectivity index (χ0) is 24.5. The van der Waals surface area contributed by atoms with Gasteiger partial charge in [0, 0.05) is 6.54 Å². The van der Waals surface area contributed by atoms with Crippen molar-refractivity contribution in [3.8, 4) is 5.75 Å². The van der Waals surface area contributed by atoms with Crippen molar-refractivity contribution in [1.29, 1.82) is 0 Å². The first-order chi connectivity index (χ1) is 15.7. The number of para-hydroxylation sites is 2. The van der Waals surface area contributed by atoms with E-state index in [2.05, 4.69) is 23.5 Å². The van der Waals surface area contributed by atoms with Gasteiger partial charge in [-0.25, -0.2) is 0 Å². The highest BCUT2D eigenvalue weighted by Crippen LogP contribution is 2.34. The smallest absolute Gasteiger partial charge is 0.272 e. The molecule has 1 heterocycles. The van der Waals surface area contributed by atoms with Gasteiger partial charge in [-0.2, -0.15) is 4.37 Å². The summed E-state index contributed by atoms with van der Waals surface area (Å²) in [6, 6.07) is 6.21. The van der Waals surface area contributed by atoms with E-state index in [-0.39, 0.29) is 22.2 Å². The van der Waals surface area contributed by atoms with Crippen LogP contribution in [0.25, 0.3) is 0 Å². The molecule has 0 radical (unpaired) electrons. The number of benzene rings is 1. The van der Waals surface area contributed by atoms with Crippen LogP contribution < -0.4 is 26.4 Å². The molecule has 0 bridgehead atoms. The van der Waals surface area contributed by atoms with E-state index in [0.717, 1.165) is 18.0 Å². The highest BCUT2D eigenvalue weighted by molar-refractivity contribution is 7.09. The van der Waals surface area contributed by atoms with E-state index in [4.69, 9.17) is 16.2 Å². The van der Waals surface area contributed by atoms with E-state index >= 15 is 0 Å². The number of primary amides is 1. The van der Waals surface area contributed by atoms with Gasteiger partial charge in [0.25, 0.3) is 11.8 Å². The number of amides is 3. The lowest BCUT2D eigenvalue weighted by Gasteiger charge is -2.32. The summed E-state index contributed by atoms with van der Waals surface area (Å²) in [7, 11) is 0. The van der Waals surface area contributed by atoms with Crippen molar-refractivity contribution in [2.45, 2.75) is 53.0 Å². The summed E-state index contributed by atoms with van der Waals surface area (Å²) >= 11 is 0.784. The Morgan fingerprint density at radius 2 is 1.88 bits per heavy atom. The predicted octanol–water partition coefficient (Wildman–Crippen LogP) is 3.20. The average Bonchev–Trinajstić information content (AvgIpc) is 3.15. The number of aromatic nitrogens is 1. The Labute approximate surface area is 198 Å². The summed E-state index contributed by atoms with van der Waals surface area (Å²) in [5.74, 6) is -0.740. The van der Waals surface area contributed by atoms with E-state index in [1.807, 2.05) is 13.8 Å². The molecule has 0 aliphatic heterocycles. The van der Waals surface area contributed by atoms with E-state index in [1.54, 1.807) is 24.3 Å². The monoisotopic (exact) mass is 475 g/mol. The highest BCUT2D eigenvalue weighted by Gasteiger charge is 2.35. The molecule has 0 aliphatic carbocycles. The van der Waals surface area contributed by atoms with Gasteiger partial charge in [-0.3, -0.25) is 19.3 Å². The molecule has 0 saturated carbocycles. The van der Waals surface area contributed by atoms with Crippen molar-refractivity contribution in [3.05, 3.63) is 34.8 Å². The molecule has 10 heteroatoms. The van der Waals surface area contributed by atoms with Crippen molar-refractivity contribution in [2.24, 2.45) is 11.7 Å². The molecule has 1 atom stereocenters. The van der Waals surface area contributed by atoms with Gasteiger partial charge in [-0.05, 0) is 49.3 Å². The number of hydrogen-bond acceptors (Lipinski definition) is 7. The van der Waals surface area contributed by atoms with Crippen molar-refractivity contribution >= 4 is 40.6 Å². The van der Waals surface area contributed by atoms with E-state index in [9.17, 15) is 14.4 Å². The predicted molar refractivity (Wildman–Crippen MR) is 131 cm³/mol. The van der Waals surface area contributed by atoms with E-state index in [0.29, 0.717) is 43.3 Å². The van der Waals surface area contributed by atoms with Crippen LogP contribution in [0.1, 0.15) is 67.1 Å².